The van der Waals surface area contributed by atoms with Crippen molar-refractivity contribution >= 4 is 23.2 Å². The lowest BCUT2D eigenvalue weighted by atomic mass is 10.4. The molecule has 7 nitrogen and oxygen atoms in total. The highest BCUT2D eigenvalue weighted by atomic mass is 32.1. The molecular formula is C16H15N3O4S. The van der Waals surface area contributed by atoms with E-state index in [9.17, 15) is 9.59 Å². The van der Waals surface area contributed by atoms with E-state index in [-0.39, 0.29) is 17.4 Å². The van der Waals surface area contributed by atoms with Crippen molar-refractivity contribution in [2.24, 2.45) is 4.99 Å². The largest absolute Gasteiger partial charge is 0.459 e. The number of nitrogens with one attached hydrogen (secondary N) is 1. The molecule has 0 aromatic carbocycles. The SMILES string of the molecule is CNC(=O)c1ccc(Cn2c(C)csc2=NC(=O)c2ccco2)o1. The normalized spacial score (nSPS) is 11.7. The summed E-state index contributed by atoms with van der Waals surface area (Å²) in [5.41, 5.74) is 0.934. The second-order valence-electron chi connectivity index (χ2n) is 4.99. The number of furan rings is 2. The van der Waals surface area contributed by atoms with Crippen LogP contribution in [-0.2, 0) is 6.54 Å². The summed E-state index contributed by atoms with van der Waals surface area (Å²) < 4.78 is 12.4. The Morgan fingerprint density at radius 3 is 2.83 bits per heavy atom. The molecular weight excluding hydrogens is 330 g/mol. The van der Waals surface area contributed by atoms with Crippen molar-refractivity contribution in [1.82, 2.24) is 9.88 Å². The van der Waals surface area contributed by atoms with Crippen molar-refractivity contribution in [1.29, 1.82) is 0 Å². The van der Waals surface area contributed by atoms with Gasteiger partial charge in [-0.05, 0) is 31.2 Å². The Hall–Kier alpha value is -2.87. The van der Waals surface area contributed by atoms with Gasteiger partial charge in [0.05, 0.1) is 12.8 Å². The van der Waals surface area contributed by atoms with Crippen LogP contribution in [0.4, 0.5) is 0 Å². The lowest BCUT2D eigenvalue weighted by molar-refractivity contribution is 0.0932. The molecule has 0 saturated carbocycles. The van der Waals surface area contributed by atoms with Crippen molar-refractivity contribution < 1.29 is 18.4 Å². The maximum absolute atomic E-state index is 12.1. The summed E-state index contributed by atoms with van der Waals surface area (Å²) in [4.78, 5) is 28.3. The van der Waals surface area contributed by atoms with Gasteiger partial charge in [0.15, 0.2) is 16.3 Å². The van der Waals surface area contributed by atoms with Crippen LogP contribution in [0, 0.1) is 6.92 Å². The van der Waals surface area contributed by atoms with Gasteiger partial charge in [0.2, 0.25) is 0 Å². The third-order valence-corrected chi connectivity index (χ3v) is 4.33. The average molecular weight is 345 g/mol. The highest BCUT2D eigenvalue weighted by Gasteiger charge is 2.12. The lowest BCUT2D eigenvalue weighted by Crippen LogP contribution is -2.19. The fraction of sp³-hybridized carbons (Fsp3) is 0.188. The van der Waals surface area contributed by atoms with E-state index >= 15 is 0 Å². The first-order valence-corrected chi connectivity index (χ1v) is 8.04. The van der Waals surface area contributed by atoms with Gasteiger partial charge in [-0.2, -0.15) is 4.99 Å². The van der Waals surface area contributed by atoms with Crippen molar-refractivity contribution in [3.63, 3.8) is 0 Å². The topological polar surface area (TPSA) is 89.7 Å². The molecule has 1 N–H and O–H groups in total. The highest BCUT2D eigenvalue weighted by molar-refractivity contribution is 7.07. The molecule has 0 unspecified atom stereocenters. The zero-order valence-corrected chi connectivity index (χ0v) is 13.9. The quantitative estimate of drug-likeness (QED) is 0.785. The summed E-state index contributed by atoms with van der Waals surface area (Å²) in [6, 6.07) is 6.55. The molecule has 24 heavy (non-hydrogen) atoms. The molecule has 0 saturated heterocycles. The van der Waals surface area contributed by atoms with Gasteiger partial charge >= 0.3 is 5.91 Å². The molecule has 0 aliphatic rings. The van der Waals surface area contributed by atoms with Crippen molar-refractivity contribution in [3.8, 4) is 0 Å². The summed E-state index contributed by atoms with van der Waals surface area (Å²) in [6.07, 6.45) is 1.43. The van der Waals surface area contributed by atoms with Crippen LogP contribution < -0.4 is 10.1 Å². The number of carbonyl (C=O) groups is 2. The number of hydrogen-bond donors (Lipinski definition) is 1. The molecule has 3 aromatic heterocycles. The first-order valence-electron chi connectivity index (χ1n) is 7.17. The maximum atomic E-state index is 12.1. The predicted molar refractivity (Wildman–Crippen MR) is 86.8 cm³/mol. The van der Waals surface area contributed by atoms with Gasteiger partial charge in [-0.3, -0.25) is 9.59 Å². The number of carbonyl (C=O) groups excluding carboxylic acids is 2. The maximum Gasteiger partial charge on any atom is 0.315 e. The molecule has 3 rings (SSSR count). The molecule has 0 radical (unpaired) electrons. The van der Waals surface area contributed by atoms with E-state index in [1.54, 1.807) is 31.3 Å². The van der Waals surface area contributed by atoms with Crippen LogP contribution in [0.2, 0.25) is 0 Å². The van der Waals surface area contributed by atoms with Gasteiger partial charge in [-0.15, -0.1) is 11.3 Å². The third kappa shape index (κ3) is 3.23. The molecule has 0 atom stereocenters. The molecule has 0 fully saturated rings. The molecule has 0 bridgehead atoms. The van der Waals surface area contributed by atoms with Crippen LogP contribution in [-0.4, -0.2) is 23.4 Å². The summed E-state index contributed by atoms with van der Waals surface area (Å²) >= 11 is 1.35. The Bertz CT molecular complexity index is 931. The summed E-state index contributed by atoms with van der Waals surface area (Å²) in [5.74, 6) is 0.299. The van der Waals surface area contributed by atoms with Gasteiger partial charge in [0.25, 0.3) is 5.91 Å². The average Bonchev–Trinajstić information content (AvgIpc) is 3.31. The molecule has 8 heteroatoms. The van der Waals surface area contributed by atoms with E-state index in [4.69, 9.17) is 8.83 Å². The minimum absolute atomic E-state index is 0.188. The third-order valence-electron chi connectivity index (χ3n) is 3.35. The van der Waals surface area contributed by atoms with Gasteiger partial charge in [0.1, 0.15) is 5.76 Å². The zero-order chi connectivity index (χ0) is 17.1. The Labute approximate surface area is 141 Å². The summed E-state index contributed by atoms with van der Waals surface area (Å²) in [6.45, 7) is 2.28. The smallest absolute Gasteiger partial charge is 0.315 e. The molecule has 0 aliphatic heterocycles. The molecule has 3 aromatic rings. The molecule has 0 aliphatic carbocycles. The van der Waals surface area contributed by atoms with Gasteiger partial charge in [-0.1, -0.05) is 0 Å². The van der Waals surface area contributed by atoms with Crippen LogP contribution in [0.15, 0.2) is 49.7 Å². The van der Waals surface area contributed by atoms with Crippen LogP contribution in [0.1, 0.15) is 32.6 Å². The zero-order valence-electron chi connectivity index (χ0n) is 13.1. The Morgan fingerprint density at radius 2 is 2.12 bits per heavy atom. The molecule has 2 amide bonds. The minimum atomic E-state index is -0.443. The van der Waals surface area contributed by atoms with Crippen molar-refractivity contribution in [2.75, 3.05) is 7.05 Å². The first-order chi connectivity index (χ1) is 11.6. The van der Waals surface area contributed by atoms with E-state index in [0.717, 1.165) is 5.69 Å². The van der Waals surface area contributed by atoms with Crippen molar-refractivity contribution in [2.45, 2.75) is 13.5 Å². The Morgan fingerprint density at radius 1 is 1.29 bits per heavy atom. The molecule has 0 spiro atoms. The van der Waals surface area contributed by atoms with Gasteiger partial charge in [-0.25, -0.2) is 0 Å². The molecule has 3 heterocycles. The van der Waals surface area contributed by atoms with E-state index in [2.05, 4.69) is 10.3 Å². The monoisotopic (exact) mass is 345 g/mol. The number of amides is 2. The van der Waals surface area contributed by atoms with Crippen LogP contribution in [0.25, 0.3) is 0 Å². The van der Waals surface area contributed by atoms with E-state index in [1.807, 2.05) is 16.9 Å². The fourth-order valence-electron chi connectivity index (χ4n) is 2.10. The van der Waals surface area contributed by atoms with Crippen LogP contribution in [0.5, 0.6) is 0 Å². The first kappa shape index (κ1) is 16.0. The summed E-state index contributed by atoms with van der Waals surface area (Å²) in [5, 5.41) is 4.41. The summed E-state index contributed by atoms with van der Waals surface area (Å²) in [7, 11) is 1.54. The number of aromatic nitrogens is 1. The van der Waals surface area contributed by atoms with Gasteiger partial charge in [0, 0.05) is 18.1 Å². The predicted octanol–water partition coefficient (Wildman–Crippen LogP) is 2.19. The van der Waals surface area contributed by atoms with Gasteiger partial charge < -0.3 is 18.7 Å². The Kier molecular flexibility index (Phi) is 4.48. The standard InChI is InChI=1S/C16H15N3O4S/c1-10-9-24-16(18-15(21)12-4-3-7-22-12)19(10)8-11-5-6-13(23-11)14(20)17-2/h3-7,9H,8H2,1-2H3,(H,17,20). The van der Waals surface area contributed by atoms with Crippen LogP contribution >= 0.6 is 11.3 Å². The van der Waals surface area contributed by atoms with Crippen molar-refractivity contribution in [3.05, 3.63) is 63.7 Å². The number of nitrogens with zero attached hydrogens (tertiary/aromatic N) is 2. The fourth-order valence-corrected chi connectivity index (χ4v) is 2.98. The van der Waals surface area contributed by atoms with E-state index in [1.165, 1.54) is 17.6 Å². The highest BCUT2D eigenvalue weighted by Crippen LogP contribution is 2.11. The Balaban J connectivity index is 1.89. The van der Waals surface area contributed by atoms with E-state index < -0.39 is 5.91 Å². The number of hydrogen-bond acceptors (Lipinski definition) is 5. The number of thiazole rings is 1. The van der Waals surface area contributed by atoms with E-state index in [0.29, 0.717) is 17.1 Å². The second kappa shape index (κ2) is 6.71. The minimum Gasteiger partial charge on any atom is -0.459 e. The lowest BCUT2D eigenvalue weighted by Gasteiger charge is -2.03. The second-order valence-corrected chi connectivity index (χ2v) is 5.82. The van der Waals surface area contributed by atoms with Crippen LogP contribution in [0.3, 0.4) is 0 Å². The number of rotatable bonds is 4. The number of aryl methyl sites for hydroxylation is 1. The molecule has 124 valence electrons.